The highest BCUT2D eigenvalue weighted by Crippen LogP contribution is 2.51. The highest BCUT2D eigenvalue weighted by atomic mass is 32.2. The number of allylic oxidation sites excluding steroid dienone is 4. The summed E-state index contributed by atoms with van der Waals surface area (Å²) in [5.74, 6) is -0.0891. The minimum absolute atomic E-state index is 0.0149. The van der Waals surface area contributed by atoms with Crippen LogP contribution in [0.5, 0.6) is 0 Å². The van der Waals surface area contributed by atoms with Crippen molar-refractivity contribution in [2.45, 2.75) is 17.4 Å². The largest absolute Gasteiger partial charge is 0.355 e. The number of hydrogen-bond acceptors (Lipinski definition) is 6. The molecule has 3 aromatic heterocycles. The number of rotatable bonds is 2. The van der Waals surface area contributed by atoms with Crippen LogP contribution in [-0.4, -0.2) is 41.2 Å². The Morgan fingerprint density at radius 2 is 1.31 bits per heavy atom. The van der Waals surface area contributed by atoms with E-state index in [1.165, 1.54) is 23.5 Å². The van der Waals surface area contributed by atoms with Gasteiger partial charge in [-0.15, -0.1) is 0 Å². The highest BCUT2D eigenvalue weighted by molar-refractivity contribution is 8.15. The number of fused-ring (bicyclic) bond motifs is 11. The van der Waals surface area contributed by atoms with Crippen LogP contribution in [0.25, 0.3) is 44.4 Å². The van der Waals surface area contributed by atoms with Crippen LogP contribution in [0.15, 0.2) is 72.8 Å². The van der Waals surface area contributed by atoms with E-state index in [0.29, 0.717) is 0 Å². The fourth-order valence-corrected chi connectivity index (χ4v) is 8.02. The van der Waals surface area contributed by atoms with Crippen molar-refractivity contribution in [1.29, 1.82) is 0 Å². The topological polar surface area (TPSA) is 91.5 Å². The van der Waals surface area contributed by atoms with Crippen molar-refractivity contribution >= 4 is 78.6 Å². The molecular formula is C31H22N4O2S2. The third-order valence-corrected chi connectivity index (χ3v) is 9.81. The number of nitrogens with one attached hydrogen (secondary N) is 2. The second kappa shape index (κ2) is 8.56. The first-order chi connectivity index (χ1) is 19.1. The Labute approximate surface area is 232 Å². The summed E-state index contributed by atoms with van der Waals surface area (Å²) < 4.78 is 0. The summed E-state index contributed by atoms with van der Waals surface area (Å²) in [6.45, 7) is 2.17. The Bertz CT molecular complexity index is 1910. The van der Waals surface area contributed by atoms with E-state index in [1.54, 1.807) is 0 Å². The molecule has 0 aromatic carbocycles. The van der Waals surface area contributed by atoms with Crippen LogP contribution >= 0.6 is 23.5 Å². The van der Waals surface area contributed by atoms with Gasteiger partial charge in [-0.1, -0.05) is 54.8 Å². The number of aromatic nitrogens is 4. The van der Waals surface area contributed by atoms with Crippen molar-refractivity contribution in [2.24, 2.45) is 11.8 Å². The summed E-state index contributed by atoms with van der Waals surface area (Å²) in [6, 6.07) is 16.4. The molecule has 9 rings (SSSR count). The molecule has 2 N–H and O–H groups in total. The Morgan fingerprint density at radius 3 is 1.90 bits per heavy atom. The van der Waals surface area contributed by atoms with Crippen LogP contribution in [0, 0.1) is 11.8 Å². The van der Waals surface area contributed by atoms with Gasteiger partial charge in [0.1, 0.15) is 0 Å². The Morgan fingerprint density at radius 1 is 0.744 bits per heavy atom. The van der Waals surface area contributed by atoms with Crippen LogP contribution in [-0.2, 0) is 9.59 Å². The van der Waals surface area contributed by atoms with Gasteiger partial charge in [0.2, 0.25) is 5.12 Å². The number of carbonyl (C=O) groups excluding carboxylic acids is 2. The van der Waals surface area contributed by atoms with Gasteiger partial charge in [-0.2, -0.15) is 0 Å². The maximum atomic E-state index is 12.8. The van der Waals surface area contributed by atoms with Crippen molar-refractivity contribution in [3.05, 3.63) is 95.6 Å². The SMILES string of the molecule is CC1C=CC(SC=O)C2=C1c1cc3ccc(cc4nc(cc5ccc(cc2n1)[nH]5)C1=C4C2C=CC1C(=O)S2)[nH]3. The van der Waals surface area contributed by atoms with E-state index in [1.807, 2.05) is 24.3 Å². The molecule has 0 saturated heterocycles. The fourth-order valence-electron chi connectivity index (χ4n) is 6.21. The molecule has 4 atom stereocenters. The number of H-pyrrole nitrogens is 2. The van der Waals surface area contributed by atoms with Crippen LogP contribution in [0.3, 0.4) is 0 Å². The second-order valence-corrected chi connectivity index (χ2v) is 12.4. The standard InChI is InChI=1S/C31H22N4O2S2/c1-15-2-8-25(38-14-36)29-23-12-18-6-4-17(33-18)11-22-28-20-7-9-26(39-31(20)37)30(28)24(35-22)13-19-5-3-16(32-19)10-21(34-23)27(15)29/h2-15,20,25-26,32-33H,1H3. The molecule has 0 amide bonds. The average molecular weight is 547 g/mol. The van der Waals surface area contributed by atoms with Gasteiger partial charge in [-0.05, 0) is 59.7 Å². The Hall–Kier alpha value is -3.88. The Balaban J connectivity index is 1.41. The number of hydrogen-bond donors (Lipinski definition) is 2. The van der Waals surface area contributed by atoms with Crippen LogP contribution < -0.4 is 0 Å². The van der Waals surface area contributed by atoms with E-state index in [9.17, 15) is 9.59 Å². The first-order valence-electron chi connectivity index (χ1n) is 12.9. The molecule has 39 heavy (non-hydrogen) atoms. The zero-order valence-electron chi connectivity index (χ0n) is 20.8. The molecule has 190 valence electrons. The minimum Gasteiger partial charge on any atom is -0.355 e. The number of carbonyl (C=O) groups is 2. The summed E-state index contributed by atoms with van der Waals surface area (Å²) in [5.41, 5.74) is 12.5. The van der Waals surface area contributed by atoms with E-state index < -0.39 is 0 Å². The lowest BCUT2D eigenvalue weighted by Gasteiger charge is -2.30. The molecular weight excluding hydrogens is 525 g/mol. The number of thioether (sulfide) groups is 2. The van der Waals surface area contributed by atoms with Crippen molar-refractivity contribution in [3.8, 4) is 0 Å². The zero-order chi connectivity index (χ0) is 26.2. The molecule has 7 heterocycles. The molecule has 0 spiro atoms. The zero-order valence-corrected chi connectivity index (χ0v) is 22.5. The van der Waals surface area contributed by atoms with Gasteiger partial charge in [-0.3, -0.25) is 9.59 Å². The molecule has 2 aliphatic carbocycles. The van der Waals surface area contributed by atoms with E-state index in [2.05, 4.69) is 65.5 Å². The molecule has 0 saturated carbocycles. The summed E-state index contributed by atoms with van der Waals surface area (Å²) in [4.78, 5) is 41.5. The molecule has 3 aromatic rings. The maximum absolute atomic E-state index is 12.8. The van der Waals surface area contributed by atoms with Crippen molar-refractivity contribution < 1.29 is 9.59 Å². The van der Waals surface area contributed by atoms with Crippen molar-refractivity contribution in [2.75, 3.05) is 0 Å². The molecule has 6 nitrogen and oxygen atoms in total. The average Bonchev–Trinajstić information content (AvgIpc) is 3.70. The lowest BCUT2D eigenvalue weighted by Crippen LogP contribution is -2.26. The molecule has 4 unspecified atom stereocenters. The third-order valence-electron chi connectivity index (χ3n) is 7.88. The highest BCUT2D eigenvalue weighted by Gasteiger charge is 2.42. The smallest absolute Gasteiger partial charge is 0.201 e. The minimum atomic E-state index is -0.271. The normalized spacial score (nSPS) is 24.8. The van der Waals surface area contributed by atoms with Gasteiger partial charge >= 0.3 is 0 Å². The molecule has 0 fully saturated rings. The first-order valence-corrected chi connectivity index (χ1v) is 14.7. The Kier molecular flexibility index (Phi) is 5.06. The predicted octanol–water partition coefficient (Wildman–Crippen LogP) is 6.46. The van der Waals surface area contributed by atoms with Gasteiger partial charge in [0.05, 0.1) is 39.2 Å². The summed E-state index contributed by atoms with van der Waals surface area (Å²) in [5, 5.41) is 0.0848. The van der Waals surface area contributed by atoms with Crippen molar-refractivity contribution in [1.82, 2.24) is 19.9 Å². The monoisotopic (exact) mass is 546 g/mol. The van der Waals surface area contributed by atoms with Gasteiger partial charge in [0.15, 0.2) is 5.62 Å². The van der Waals surface area contributed by atoms with Crippen molar-refractivity contribution in [3.63, 3.8) is 0 Å². The summed E-state index contributed by atoms with van der Waals surface area (Å²) in [6.07, 6.45) is 8.43. The molecule has 6 aliphatic rings. The maximum Gasteiger partial charge on any atom is 0.201 e. The third kappa shape index (κ3) is 3.58. The van der Waals surface area contributed by atoms with Crippen LogP contribution in [0.2, 0.25) is 0 Å². The van der Waals surface area contributed by atoms with Gasteiger partial charge < -0.3 is 9.97 Å². The molecule has 10 bridgehead atoms. The van der Waals surface area contributed by atoms with E-state index in [-0.39, 0.29) is 27.5 Å². The summed E-state index contributed by atoms with van der Waals surface area (Å²) >= 11 is 2.66. The molecule has 0 radical (unpaired) electrons. The quantitative estimate of drug-likeness (QED) is 0.283. The lowest BCUT2D eigenvalue weighted by atomic mass is 9.86. The van der Waals surface area contributed by atoms with E-state index in [4.69, 9.17) is 9.97 Å². The van der Waals surface area contributed by atoms with Gasteiger partial charge in [0.25, 0.3) is 0 Å². The lowest BCUT2D eigenvalue weighted by molar-refractivity contribution is -0.112. The summed E-state index contributed by atoms with van der Waals surface area (Å²) in [7, 11) is 0. The predicted molar refractivity (Wildman–Crippen MR) is 160 cm³/mol. The second-order valence-electron chi connectivity index (χ2n) is 10.3. The molecule has 8 heteroatoms. The van der Waals surface area contributed by atoms with Crippen LogP contribution in [0.4, 0.5) is 0 Å². The van der Waals surface area contributed by atoms with E-state index >= 15 is 0 Å². The first kappa shape index (κ1) is 23.0. The van der Waals surface area contributed by atoms with Gasteiger partial charge in [-0.25, -0.2) is 9.97 Å². The number of nitrogens with zero attached hydrogens (tertiary/aromatic N) is 2. The molecule has 4 aliphatic heterocycles. The van der Waals surface area contributed by atoms with E-state index in [0.717, 1.165) is 72.8 Å². The van der Waals surface area contributed by atoms with Crippen LogP contribution in [0.1, 0.15) is 29.7 Å². The number of aromatic amines is 2. The van der Waals surface area contributed by atoms with Gasteiger partial charge in [0, 0.05) is 39.1 Å². The fraction of sp³-hybridized carbons (Fsp3) is 0.161.